The number of hydrogen-bond acceptors (Lipinski definition) is 7. The van der Waals surface area contributed by atoms with Crippen LogP contribution in [-0.2, 0) is 4.74 Å². The number of nitrogens with two attached hydrogens (primary N) is 1. The third-order valence-electron chi connectivity index (χ3n) is 5.37. The Kier molecular flexibility index (Phi) is 4.62. The summed E-state index contributed by atoms with van der Waals surface area (Å²) in [4.78, 5) is 22.5. The molecule has 2 aromatic carbocycles. The summed E-state index contributed by atoms with van der Waals surface area (Å²) in [6.07, 6.45) is 0.453. The van der Waals surface area contributed by atoms with E-state index in [9.17, 15) is 4.79 Å². The van der Waals surface area contributed by atoms with Gasteiger partial charge in [-0.25, -0.2) is 14.8 Å². The molecule has 2 N–H and O–H groups in total. The normalized spacial score (nSPS) is 14.0. The molecule has 0 saturated carbocycles. The summed E-state index contributed by atoms with van der Waals surface area (Å²) >= 11 is 0. The lowest BCUT2D eigenvalue weighted by Gasteiger charge is -2.19. The van der Waals surface area contributed by atoms with Crippen molar-refractivity contribution in [1.29, 1.82) is 0 Å². The maximum atomic E-state index is 13.0. The minimum Gasteiger partial charge on any atom is -0.486 e. The second kappa shape index (κ2) is 7.46. The highest BCUT2D eigenvalue weighted by molar-refractivity contribution is 6.09. The summed E-state index contributed by atoms with van der Waals surface area (Å²) in [6.45, 7) is 4.77. The van der Waals surface area contributed by atoms with Crippen LogP contribution in [0, 0.1) is 0 Å². The van der Waals surface area contributed by atoms with Crippen LogP contribution in [0.4, 0.5) is 5.82 Å². The van der Waals surface area contributed by atoms with E-state index in [2.05, 4.69) is 0 Å². The van der Waals surface area contributed by atoms with E-state index in [1.165, 1.54) is 0 Å². The van der Waals surface area contributed by atoms with Crippen molar-refractivity contribution in [3.8, 4) is 17.2 Å². The second-order valence-electron chi connectivity index (χ2n) is 7.43. The molecule has 8 nitrogen and oxygen atoms in total. The van der Waals surface area contributed by atoms with E-state index in [1.807, 2.05) is 56.3 Å². The van der Waals surface area contributed by atoms with Crippen LogP contribution in [0.5, 0.6) is 11.5 Å². The van der Waals surface area contributed by atoms with Crippen LogP contribution in [0.2, 0.25) is 0 Å². The van der Waals surface area contributed by atoms with Crippen LogP contribution in [0.3, 0.4) is 0 Å². The van der Waals surface area contributed by atoms with Gasteiger partial charge in [-0.3, -0.25) is 4.57 Å². The third-order valence-corrected chi connectivity index (χ3v) is 5.37. The Bertz CT molecular complexity index is 1310. The highest BCUT2D eigenvalue weighted by Gasteiger charge is 2.27. The van der Waals surface area contributed by atoms with E-state index < -0.39 is 5.97 Å². The SMILES string of the molecule is CC[C@@H](C)OC(=O)c1c(N)n(-c2ccc3c(c2)OCCO3)c2nc3ccccc3nc12. The van der Waals surface area contributed by atoms with Crippen molar-refractivity contribution in [3.05, 3.63) is 48.0 Å². The number of carbonyl (C=O) groups is 1. The molecule has 158 valence electrons. The van der Waals surface area contributed by atoms with Crippen LogP contribution in [0.1, 0.15) is 30.6 Å². The Balaban J connectivity index is 1.76. The first-order valence-electron chi connectivity index (χ1n) is 10.2. The lowest BCUT2D eigenvalue weighted by molar-refractivity contribution is 0.0338. The Morgan fingerprint density at radius 1 is 1.13 bits per heavy atom. The molecule has 4 aromatic rings. The quantitative estimate of drug-likeness (QED) is 0.502. The maximum Gasteiger partial charge on any atom is 0.344 e. The molecule has 3 heterocycles. The highest BCUT2D eigenvalue weighted by Crippen LogP contribution is 2.36. The van der Waals surface area contributed by atoms with Gasteiger partial charge in [0.05, 0.1) is 22.8 Å². The molecule has 2 aromatic heterocycles. The average molecular weight is 418 g/mol. The summed E-state index contributed by atoms with van der Waals surface area (Å²) in [7, 11) is 0. The van der Waals surface area contributed by atoms with Crippen LogP contribution in [-0.4, -0.2) is 39.8 Å². The minimum atomic E-state index is -0.516. The number of anilines is 1. The van der Waals surface area contributed by atoms with Crippen molar-refractivity contribution in [2.24, 2.45) is 0 Å². The van der Waals surface area contributed by atoms with Gasteiger partial charge in [0, 0.05) is 6.07 Å². The fourth-order valence-electron chi connectivity index (χ4n) is 3.62. The number of esters is 1. The summed E-state index contributed by atoms with van der Waals surface area (Å²) in [5, 5.41) is 0. The van der Waals surface area contributed by atoms with E-state index in [4.69, 9.17) is 29.9 Å². The first-order valence-corrected chi connectivity index (χ1v) is 10.2. The molecular formula is C23H22N4O4. The van der Waals surface area contributed by atoms with Crippen molar-refractivity contribution in [2.75, 3.05) is 18.9 Å². The summed E-state index contributed by atoms with van der Waals surface area (Å²) < 4.78 is 18.6. The van der Waals surface area contributed by atoms with Crippen molar-refractivity contribution in [3.63, 3.8) is 0 Å². The van der Waals surface area contributed by atoms with E-state index in [0.717, 1.165) is 0 Å². The zero-order chi connectivity index (χ0) is 21.5. The first-order chi connectivity index (χ1) is 15.1. The van der Waals surface area contributed by atoms with Crippen LogP contribution in [0.25, 0.3) is 27.9 Å². The minimum absolute atomic E-state index is 0.212. The van der Waals surface area contributed by atoms with Gasteiger partial charge in [0.25, 0.3) is 0 Å². The zero-order valence-corrected chi connectivity index (χ0v) is 17.3. The molecule has 1 atom stereocenters. The fraction of sp³-hybridized carbons (Fsp3) is 0.261. The van der Waals surface area contributed by atoms with Gasteiger partial charge in [0.15, 0.2) is 17.1 Å². The molecular weight excluding hydrogens is 396 g/mol. The van der Waals surface area contributed by atoms with Crippen molar-refractivity contribution in [2.45, 2.75) is 26.4 Å². The number of rotatable bonds is 4. The van der Waals surface area contributed by atoms with E-state index in [0.29, 0.717) is 59.0 Å². The fourth-order valence-corrected chi connectivity index (χ4v) is 3.62. The molecule has 31 heavy (non-hydrogen) atoms. The van der Waals surface area contributed by atoms with Crippen LogP contribution < -0.4 is 15.2 Å². The van der Waals surface area contributed by atoms with Gasteiger partial charge in [-0.2, -0.15) is 0 Å². The van der Waals surface area contributed by atoms with Gasteiger partial charge in [-0.05, 0) is 37.6 Å². The number of nitrogen functional groups attached to an aromatic ring is 1. The second-order valence-corrected chi connectivity index (χ2v) is 7.43. The number of hydrogen-bond donors (Lipinski definition) is 1. The average Bonchev–Trinajstić information content (AvgIpc) is 3.07. The Labute approximate surface area is 178 Å². The molecule has 0 unspecified atom stereocenters. The summed E-state index contributed by atoms with van der Waals surface area (Å²) in [6, 6.07) is 13.0. The third kappa shape index (κ3) is 3.20. The van der Waals surface area contributed by atoms with Gasteiger partial charge in [-0.1, -0.05) is 19.1 Å². The topological polar surface area (TPSA) is 101 Å². The van der Waals surface area contributed by atoms with Gasteiger partial charge in [0.2, 0.25) is 0 Å². The van der Waals surface area contributed by atoms with Crippen LogP contribution in [0.15, 0.2) is 42.5 Å². The number of carbonyl (C=O) groups excluding carboxylic acids is 1. The molecule has 0 saturated heterocycles. The molecule has 0 aliphatic carbocycles. The number of fused-ring (bicyclic) bond motifs is 3. The molecule has 0 radical (unpaired) electrons. The Morgan fingerprint density at radius 3 is 2.58 bits per heavy atom. The molecule has 1 aliphatic heterocycles. The van der Waals surface area contributed by atoms with Crippen molar-refractivity contribution < 1.29 is 19.0 Å². The Morgan fingerprint density at radius 2 is 1.84 bits per heavy atom. The number of aromatic nitrogens is 3. The van der Waals surface area contributed by atoms with Gasteiger partial charge in [0.1, 0.15) is 30.1 Å². The molecule has 0 amide bonds. The lowest BCUT2D eigenvalue weighted by atomic mass is 10.2. The van der Waals surface area contributed by atoms with Gasteiger partial charge in [-0.15, -0.1) is 0 Å². The lowest BCUT2D eigenvalue weighted by Crippen LogP contribution is -2.16. The standard InChI is InChI=1S/C23H22N4O4/c1-3-13(2)31-23(28)19-20-22(26-16-7-5-4-6-15(16)25-20)27(21(19)24)14-8-9-17-18(12-14)30-11-10-29-17/h4-9,12-13H,3,10-11,24H2,1-2H3/t13-/m1/s1. The monoisotopic (exact) mass is 418 g/mol. The van der Waals surface area contributed by atoms with Gasteiger partial charge >= 0.3 is 5.97 Å². The van der Waals surface area contributed by atoms with Crippen molar-refractivity contribution in [1.82, 2.24) is 14.5 Å². The number of nitrogens with zero attached hydrogens (tertiary/aromatic N) is 3. The number of para-hydroxylation sites is 2. The summed E-state index contributed by atoms with van der Waals surface area (Å²) in [5.74, 6) is 0.980. The smallest absolute Gasteiger partial charge is 0.344 e. The van der Waals surface area contributed by atoms with E-state index in [-0.39, 0.29) is 17.5 Å². The summed E-state index contributed by atoms with van der Waals surface area (Å²) in [5.41, 5.74) is 9.67. The predicted molar refractivity (Wildman–Crippen MR) is 117 cm³/mol. The largest absolute Gasteiger partial charge is 0.486 e. The van der Waals surface area contributed by atoms with E-state index in [1.54, 1.807) is 4.57 Å². The maximum absolute atomic E-state index is 13.0. The zero-order valence-electron chi connectivity index (χ0n) is 17.3. The molecule has 0 bridgehead atoms. The predicted octanol–water partition coefficient (Wildman–Crippen LogP) is 3.88. The molecule has 0 spiro atoms. The van der Waals surface area contributed by atoms with E-state index >= 15 is 0 Å². The first kappa shape index (κ1) is 19.2. The molecule has 5 rings (SSSR count). The molecule has 1 aliphatic rings. The molecule has 8 heteroatoms. The van der Waals surface area contributed by atoms with Crippen LogP contribution >= 0.6 is 0 Å². The number of ether oxygens (including phenoxy) is 3. The molecule has 0 fully saturated rings. The van der Waals surface area contributed by atoms with Gasteiger partial charge < -0.3 is 19.9 Å². The van der Waals surface area contributed by atoms with Crippen molar-refractivity contribution >= 4 is 34.0 Å². The number of benzene rings is 2. The highest BCUT2D eigenvalue weighted by atomic mass is 16.6. The Hall–Kier alpha value is -3.81.